The van der Waals surface area contributed by atoms with Crippen LogP contribution in [0.15, 0.2) is 29.3 Å². The van der Waals surface area contributed by atoms with Crippen molar-refractivity contribution < 1.29 is 17.9 Å². The molecule has 1 aromatic carbocycles. The molecule has 0 spiro atoms. The Morgan fingerprint density at radius 2 is 2.10 bits per heavy atom. The van der Waals surface area contributed by atoms with E-state index in [1.807, 2.05) is 0 Å². The number of H-pyrrole nitrogens is 1. The molecule has 0 fully saturated rings. The van der Waals surface area contributed by atoms with Gasteiger partial charge in [0.2, 0.25) is 10.0 Å². The van der Waals surface area contributed by atoms with Crippen molar-refractivity contribution in [3.8, 4) is 11.5 Å². The first-order valence-corrected chi connectivity index (χ1v) is 7.45. The van der Waals surface area contributed by atoms with Gasteiger partial charge < -0.3 is 15.2 Å². The van der Waals surface area contributed by atoms with Gasteiger partial charge in [-0.1, -0.05) is 0 Å². The summed E-state index contributed by atoms with van der Waals surface area (Å²) in [6.07, 6.45) is 1.15. The van der Waals surface area contributed by atoms with Crippen LogP contribution in [0.5, 0.6) is 11.5 Å². The van der Waals surface area contributed by atoms with Gasteiger partial charge in [0.05, 0.1) is 20.4 Å². The fourth-order valence-electron chi connectivity index (χ4n) is 1.77. The van der Waals surface area contributed by atoms with Crippen LogP contribution in [0, 0.1) is 0 Å². The lowest BCUT2D eigenvalue weighted by molar-refractivity contribution is 0.398. The highest BCUT2D eigenvalue weighted by atomic mass is 32.2. The second-order valence-electron chi connectivity index (χ2n) is 4.15. The van der Waals surface area contributed by atoms with Crippen molar-refractivity contribution in [1.82, 2.24) is 14.9 Å². The number of nitrogens with two attached hydrogens (primary N) is 1. The molecule has 0 aliphatic carbocycles. The van der Waals surface area contributed by atoms with Crippen LogP contribution in [0.2, 0.25) is 0 Å². The van der Waals surface area contributed by atoms with Crippen LogP contribution in [0.1, 0.15) is 5.56 Å². The van der Waals surface area contributed by atoms with Gasteiger partial charge in [0.25, 0.3) is 0 Å². The van der Waals surface area contributed by atoms with Crippen LogP contribution >= 0.6 is 0 Å². The van der Waals surface area contributed by atoms with Gasteiger partial charge >= 0.3 is 0 Å². The highest BCUT2D eigenvalue weighted by molar-refractivity contribution is 7.89. The molecule has 0 atom stereocenters. The Labute approximate surface area is 122 Å². The van der Waals surface area contributed by atoms with Gasteiger partial charge in [0.1, 0.15) is 22.2 Å². The number of rotatable bonds is 6. The third-order valence-corrected chi connectivity index (χ3v) is 4.29. The Morgan fingerprint density at radius 1 is 1.33 bits per heavy atom. The molecule has 114 valence electrons. The number of aromatic amines is 1. The van der Waals surface area contributed by atoms with E-state index < -0.39 is 10.0 Å². The molecule has 0 bridgehead atoms. The second-order valence-corrected chi connectivity index (χ2v) is 5.89. The Morgan fingerprint density at radius 3 is 2.67 bits per heavy atom. The maximum absolute atomic E-state index is 12.1. The van der Waals surface area contributed by atoms with Gasteiger partial charge in [-0.15, -0.1) is 0 Å². The lowest BCUT2D eigenvalue weighted by Gasteiger charge is -2.11. The largest absolute Gasteiger partial charge is 0.497 e. The standard InChI is InChI=1S/C12H16N4O4S/c1-19-9-3-4-10(20-2)8(5-9)6-15-21(17,18)11-7-14-16-12(11)13/h3-5,7,15H,6H2,1-2H3,(H3,13,14,16). The molecule has 0 radical (unpaired) electrons. The highest BCUT2D eigenvalue weighted by Gasteiger charge is 2.19. The number of sulfonamides is 1. The maximum atomic E-state index is 12.1. The first-order valence-electron chi connectivity index (χ1n) is 5.97. The lowest BCUT2D eigenvalue weighted by Crippen LogP contribution is -2.24. The van der Waals surface area contributed by atoms with Crippen molar-refractivity contribution in [2.24, 2.45) is 0 Å². The van der Waals surface area contributed by atoms with Crippen LogP contribution in [0.4, 0.5) is 5.82 Å². The highest BCUT2D eigenvalue weighted by Crippen LogP contribution is 2.24. The van der Waals surface area contributed by atoms with E-state index in [2.05, 4.69) is 14.9 Å². The van der Waals surface area contributed by atoms with E-state index >= 15 is 0 Å². The number of ether oxygens (including phenoxy) is 2. The number of nitrogen functional groups attached to an aromatic ring is 1. The molecule has 0 unspecified atom stereocenters. The average molecular weight is 312 g/mol. The number of benzene rings is 1. The van der Waals surface area contributed by atoms with E-state index in [9.17, 15) is 8.42 Å². The van der Waals surface area contributed by atoms with Gasteiger partial charge in [-0.05, 0) is 18.2 Å². The summed E-state index contributed by atoms with van der Waals surface area (Å²) >= 11 is 0. The van der Waals surface area contributed by atoms with E-state index in [-0.39, 0.29) is 17.3 Å². The van der Waals surface area contributed by atoms with Crippen LogP contribution in [-0.4, -0.2) is 32.8 Å². The van der Waals surface area contributed by atoms with Crippen molar-refractivity contribution in [2.45, 2.75) is 11.4 Å². The zero-order valence-electron chi connectivity index (χ0n) is 11.6. The van der Waals surface area contributed by atoms with Crippen LogP contribution < -0.4 is 19.9 Å². The minimum Gasteiger partial charge on any atom is -0.497 e. The van der Waals surface area contributed by atoms with E-state index in [1.165, 1.54) is 14.2 Å². The summed E-state index contributed by atoms with van der Waals surface area (Å²) < 4.78 is 37.0. The number of aromatic nitrogens is 2. The van der Waals surface area contributed by atoms with E-state index in [4.69, 9.17) is 15.2 Å². The van der Waals surface area contributed by atoms with E-state index in [0.717, 1.165) is 6.20 Å². The van der Waals surface area contributed by atoms with E-state index in [1.54, 1.807) is 18.2 Å². The summed E-state index contributed by atoms with van der Waals surface area (Å²) in [5, 5.41) is 5.97. The van der Waals surface area contributed by atoms with Gasteiger partial charge in [-0.2, -0.15) is 5.10 Å². The van der Waals surface area contributed by atoms with Gasteiger partial charge in [-0.3, -0.25) is 5.10 Å². The molecule has 1 aromatic heterocycles. The molecule has 1 heterocycles. The molecule has 0 aliphatic rings. The summed E-state index contributed by atoms with van der Waals surface area (Å²) in [6.45, 7) is 0.0350. The number of nitrogens with zero attached hydrogens (tertiary/aromatic N) is 1. The Hall–Kier alpha value is -2.26. The maximum Gasteiger partial charge on any atom is 0.246 e. The van der Waals surface area contributed by atoms with Crippen molar-refractivity contribution in [3.05, 3.63) is 30.0 Å². The summed E-state index contributed by atoms with van der Waals surface area (Å²) in [5.74, 6) is 1.14. The normalized spacial score (nSPS) is 11.3. The van der Waals surface area contributed by atoms with Gasteiger partial charge in [-0.25, -0.2) is 13.1 Å². The van der Waals surface area contributed by atoms with Crippen LogP contribution in [-0.2, 0) is 16.6 Å². The first-order chi connectivity index (χ1) is 9.97. The van der Waals surface area contributed by atoms with Gasteiger partial charge in [0.15, 0.2) is 0 Å². The Balaban J connectivity index is 2.21. The Bertz CT molecular complexity index is 727. The molecular weight excluding hydrogens is 296 g/mol. The molecule has 0 amide bonds. The zero-order valence-corrected chi connectivity index (χ0v) is 12.4. The molecule has 21 heavy (non-hydrogen) atoms. The third-order valence-electron chi connectivity index (χ3n) is 2.86. The monoisotopic (exact) mass is 312 g/mol. The molecule has 8 nitrogen and oxygen atoms in total. The lowest BCUT2D eigenvalue weighted by atomic mass is 10.2. The fraction of sp³-hybridized carbons (Fsp3) is 0.250. The average Bonchev–Trinajstić information content (AvgIpc) is 2.92. The van der Waals surface area contributed by atoms with Crippen LogP contribution in [0.3, 0.4) is 0 Å². The van der Waals surface area contributed by atoms with Crippen LogP contribution in [0.25, 0.3) is 0 Å². The fourth-order valence-corrected chi connectivity index (χ4v) is 2.80. The molecule has 2 rings (SSSR count). The minimum atomic E-state index is -3.76. The number of hydrogen-bond acceptors (Lipinski definition) is 6. The third kappa shape index (κ3) is 3.26. The first kappa shape index (κ1) is 15.1. The summed E-state index contributed by atoms with van der Waals surface area (Å²) in [5.41, 5.74) is 6.16. The minimum absolute atomic E-state index is 0.0138. The Kier molecular flexibility index (Phi) is 4.34. The summed E-state index contributed by atoms with van der Waals surface area (Å²) in [4.78, 5) is -0.0932. The predicted octanol–water partition coefficient (Wildman–Crippen LogP) is 0.488. The van der Waals surface area contributed by atoms with E-state index in [0.29, 0.717) is 17.1 Å². The molecule has 0 aliphatic heterocycles. The molecular formula is C12H16N4O4S. The molecule has 0 saturated heterocycles. The number of hydrogen-bond donors (Lipinski definition) is 3. The second kappa shape index (κ2) is 6.02. The SMILES string of the molecule is COc1ccc(OC)c(CNS(=O)(=O)c2cn[nH]c2N)c1. The zero-order chi connectivity index (χ0) is 15.5. The number of anilines is 1. The molecule has 0 saturated carbocycles. The molecule has 9 heteroatoms. The smallest absolute Gasteiger partial charge is 0.246 e. The predicted molar refractivity (Wildman–Crippen MR) is 76.6 cm³/mol. The molecule has 2 aromatic rings. The number of methoxy groups -OCH3 is 2. The van der Waals surface area contributed by atoms with Crippen molar-refractivity contribution in [3.63, 3.8) is 0 Å². The number of nitrogens with one attached hydrogen (secondary N) is 2. The van der Waals surface area contributed by atoms with Crippen molar-refractivity contribution >= 4 is 15.8 Å². The van der Waals surface area contributed by atoms with Gasteiger partial charge in [0, 0.05) is 12.1 Å². The summed E-state index contributed by atoms with van der Waals surface area (Å²) in [7, 11) is -0.718. The quantitative estimate of drug-likeness (QED) is 0.714. The van der Waals surface area contributed by atoms with Crippen molar-refractivity contribution in [2.75, 3.05) is 20.0 Å². The molecule has 4 N–H and O–H groups in total. The van der Waals surface area contributed by atoms with Crippen molar-refractivity contribution in [1.29, 1.82) is 0 Å². The summed E-state index contributed by atoms with van der Waals surface area (Å²) in [6, 6.07) is 5.12. The topological polar surface area (TPSA) is 119 Å².